The summed E-state index contributed by atoms with van der Waals surface area (Å²) >= 11 is 6.20. The molecule has 0 N–H and O–H groups in total. The predicted octanol–water partition coefficient (Wildman–Crippen LogP) is 3.91. The summed E-state index contributed by atoms with van der Waals surface area (Å²) in [4.78, 5) is 35.8. The molecule has 3 rings (SSSR count). The molecule has 0 bridgehead atoms. The maximum Gasteiger partial charge on any atom is 0.341 e. The van der Waals surface area contributed by atoms with Crippen molar-refractivity contribution in [2.75, 3.05) is 14.2 Å². The van der Waals surface area contributed by atoms with Crippen molar-refractivity contribution in [1.29, 1.82) is 0 Å². The van der Waals surface area contributed by atoms with Crippen molar-refractivity contribution in [3.05, 3.63) is 74.1 Å². The number of carbonyl (C=O) groups excluding carboxylic acids is 2. The lowest BCUT2D eigenvalue weighted by Gasteiger charge is -2.13. The number of hydrogen-bond donors (Lipinski definition) is 0. The Kier molecular flexibility index (Phi) is 5.89. The van der Waals surface area contributed by atoms with E-state index >= 15 is 0 Å². The summed E-state index contributed by atoms with van der Waals surface area (Å²) in [6, 6.07) is 8.91. The minimum atomic E-state index is -0.679. The number of rotatable bonds is 5. The Labute approximate surface area is 170 Å². The van der Waals surface area contributed by atoms with Gasteiger partial charge in [-0.1, -0.05) is 11.6 Å². The van der Waals surface area contributed by atoms with Gasteiger partial charge in [-0.3, -0.25) is 0 Å². The average molecular weight is 417 g/mol. The summed E-state index contributed by atoms with van der Waals surface area (Å²) in [7, 11) is 2.46. The second kappa shape index (κ2) is 8.36. The molecule has 0 aliphatic heterocycles. The summed E-state index contributed by atoms with van der Waals surface area (Å²) in [5, 5.41) is 1.14. The molecule has 8 heteroatoms. The first-order chi connectivity index (χ1) is 13.8. The Morgan fingerprint density at radius 2 is 1.76 bits per heavy atom. The number of ether oxygens (including phenoxy) is 3. The monoisotopic (exact) mass is 416 g/mol. The molecule has 0 unspecified atom stereocenters. The summed E-state index contributed by atoms with van der Waals surface area (Å²) in [5.74, 6) is -1.09. The topological polar surface area (TPSA) is 92.0 Å². The maximum atomic E-state index is 12.1. The fraction of sp³-hybridized carbons (Fsp3) is 0.190. The molecule has 1 heterocycles. The first-order valence-electron chi connectivity index (χ1n) is 8.50. The van der Waals surface area contributed by atoms with Crippen molar-refractivity contribution in [3.8, 4) is 5.75 Å². The van der Waals surface area contributed by atoms with Gasteiger partial charge in [0, 0.05) is 22.0 Å². The first kappa shape index (κ1) is 20.4. The minimum Gasteiger partial charge on any atom is -0.488 e. The van der Waals surface area contributed by atoms with Crippen LogP contribution in [0.25, 0.3) is 11.0 Å². The third kappa shape index (κ3) is 4.25. The second-order valence-corrected chi connectivity index (χ2v) is 6.58. The molecule has 29 heavy (non-hydrogen) atoms. The van der Waals surface area contributed by atoms with Gasteiger partial charge in [0.15, 0.2) is 0 Å². The van der Waals surface area contributed by atoms with Crippen LogP contribution in [0.15, 0.2) is 45.6 Å². The second-order valence-electron chi connectivity index (χ2n) is 6.17. The number of carbonyl (C=O) groups is 2. The molecule has 7 nitrogen and oxygen atoms in total. The van der Waals surface area contributed by atoms with Gasteiger partial charge >= 0.3 is 17.6 Å². The first-order valence-corrected chi connectivity index (χ1v) is 8.88. The molecule has 0 saturated carbocycles. The molecular weight excluding hydrogens is 400 g/mol. The Bertz CT molecular complexity index is 1160. The van der Waals surface area contributed by atoms with E-state index in [4.69, 9.17) is 25.5 Å². The van der Waals surface area contributed by atoms with E-state index in [9.17, 15) is 14.4 Å². The van der Waals surface area contributed by atoms with Gasteiger partial charge in [-0.05, 0) is 42.8 Å². The zero-order chi connectivity index (χ0) is 21.1. The number of benzene rings is 2. The van der Waals surface area contributed by atoms with Gasteiger partial charge in [0.05, 0.1) is 19.8 Å². The smallest absolute Gasteiger partial charge is 0.341 e. The molecule has 0 aliphatic rings. The van der Waals surface area contributed by atoms with Crippen molar-refractivity contribution in [1.82, 2.24) is 0 Å². The van der Waals surface area contributed by atoms with Crippen LogP contribution in [0.2, 0.25) is 5.02 Å². The highest BCUT2D eigenvalue weighted by Crippen LogP contribution is 2.27. The Balaban J connectivity index is 1.99. The summed E-state index contributed by atoms with van der Waals surface area (Å²) < 4.78 is 20.4. The zero-order valence-electron chi connectivity index (χ0n) is 15.9. The van der Waals surface area contributed by atoms with Crippen LogP contribution in [0.5, 0.6) is 5.75 Å². The SMILES string of the molecule is COC(=O)c1ccc(OCc2cc(=O)oc3cc(C)c(Cl)cc23)c(C(=O)OC)c1. The molecule has 0 amide bonds. The van der Waals surface area contributed by atoms with Gasteiger partial charge in [-0.15, -0.1) is 0 Å². The summed E-state index contributed by atoms with van der Waals surface area (Å²) in [6.07, 6.45) is 0. The van der Waals surface area contributed by atoms with Crippen molar-refractivity contribution >= 4 is 34.5 Å². The predicted molar refractivity (Wildman–Crippen MR) is 106 cm³/mol. The standard InChI is InChI=1S/C21H17ClO7/c1-11-6-18-14(9-16(11)22)13(8-19(23)29-18)10-28-17-5-4-12(20(24)26-2)7-15(17)21(25)27-3/h4-9H,10H2,1-3H3. The van der Waals surface area contributed by atoms with Gasteiger partial charge in [-0.25, -0.2) is 14.4 Å². The van der Waals surface area contributed by atoms with Crippen molar-refractivity contribution in [2.24, 2.45) is 0 Å². The van der Waals surface area contributed by atoms with Crippen molar-refractivity contribution < 1.29 is 28.2 Å². The average Bonchev–Trinajstić information content (AvgIpc) is 2.72. The van der Waals surface area contributed by atoms with Crippen LogP contribution < -0.4 is 10.4 Å². The summed E-state index contributed by atoms with van der Waals surface area (Å²) in [6.45, 7) is 1.76. The van der Waals surface area contributed by atoms with E-state index in [0.29, 0.717) is 21.6 Å². The number of methoxy groups -OCH3 is 2. The Morgan fingerprint density at radius 3 is 2.45 bits per heavy atom. The number of hydrogen-bond acceptors (Lipinski definition) is 7. The molecule has 150 valence electrons. The largest absolute Gasteiger partial charge is 0.488 e. The van der Waals surface area contributed by atoms with Gasteiger partial charge in [0.25, 0.3) is 0 Å². The van der Waals surface area contributed by atoms with Gasteiger partial charge in [0.2, 0.25) is 0 Å². The quantitative estimate of drug-likeness (QED) is 0.460. The van der Waals surface area contributed by atoms with Gasteiger partial charge < -0.3 is 18.6 Å². The van der Waals surface area contributed by atoms with Crippen LogP contribution in [0.1, 0.15) is 31.8 Å². The normalized spacial score (nSPS) is 10.6. The molecular formula is C21H17ClO7. The Hall–Kier alpha value is -3.32. The number of fused-ring (bicyclic) bond motifs is 1. The maximum absolute atomic E-state index is 12.1. The number of esters is 2. The fourth-order valence-corrected chi connectivity index (χ4v) is 2.96. The van der Waals surface area contributed by atoms with Gasteiger partial charge in [0.1, 0.15) is 23.5 Å². The zero-order valence-corrected chi connectivity index (χ0v) is 16.7. The lowest BCUT2D eigenvalue weighted by molar-refractivity contribution is 0.0595. The van der Waals surface area contributed by atoms with E-state index in [0.717, 1.165) is 5.56 Å². The highest BCUT2D eigenvalue weighted by atomic mass is 35.5. The fourth-order valence-electron chi connectivity index (χ4n) is 2.79. The van der Waals surface area contributed by atoms with E-state index in [-0.39, 0.29) is 23.5 Å². The van der Waals surface area contributed by atoms with E-state index in [2.05, 4.69) is 4.74 Å². The van der Waals surface area contributed by atoms with E-state index in [1.165, 1.54) is 38.5 Å². The van der Waals surface area contributed by atoms with Crippen LogP contribution in [0.4, 0.5) is 0 Å². The lowest BCUT2D eigenvalue weighted by Crippen LogP contribution is -2.10. The number of halogens is 1. The van der Waals surface area contributed by atoms with Crippen LogP contribution >= 0.6 is 11.6 Å². The minimum absolute atomic E-state index is 0.0386. The van der Waals surface area contributed by atoms with E-state index in [1.807, 2.05) is 0 Å². The number of aryl methyl sites for hydroxylation is 1. The van der Waals surface area contributed by atoms with Gasteiger partial charge in [-0.2, -0.15) is 0 Å². The van der Waals surface area contributed by atoms with Crippen LogP contribution in [-0.2, 0) is 16.1 Å². The van der Waals surface area contributed by atoms with Crippen molar-refractivity contribution in [2.45, 2.75) is 13.5 Å². The highest BCUT2D eigenvalue weighted by Gasteiger charge is 2.18. The Morgan fingerprint density at radius 1 is 1.03 bits per heavy atom. The molecule has 3 aromatic rings. The molecule has 0 atom stereocenters. The molecule has 2 aromatic carbocycles. The molecule has 1 aromatic heterocycles. The summed E-state index contributed by atoms with van der Waals surface area (Å²) in [5.41, 5.74) is 1.38. The molecule has 0 saturated heterocycles. The third-order valence-electron chi connectivity index (χ3n) is 4.30. The van der Waals surface area contributed by atoms with Crippen molar-refractivity contribution in [3.63, 3.8) is 0 Å². The van der Waals surface area contributed by atoms with Crippen LogP contribution in [-0.4, -0.2) is 26.2 Å². The molecule has 0 aliphatic carbocycles. The van der Waals surface area contributed by atoms with E-state index < -0.39 is 17.6 Å². The van der Waals surface area contributed by atoms with Crippen LogP contribution in [0, 0.1) is 6.92 Å². The molecule has 0 fully saturated rings. The molecule has 0 spiro atoms. The molecule has 0 radical (unpaired) electrons. The third-order valence-corrected chi connectivity index (χ3v) is 4.71. The lowest BCUT2D eigenvalue weighted by atomic mass is 10.1. The highest BCUT2D eigenvalue weighted by molar-refractivity contribution is 6.32. The van der Waals surface area contributed by atoms with Crippen LogP contribution in [0.3, 0.4) is 0 Å². The van der Waals surface area contributed by atoms with E-state index in [1.54, 1.807) is 19.1 Å².